The highest BCUT2D eigenvalue weighted by molar-refractivity contribution is 4.87. The predicted octanol–water partition coefficient (Wildman–Crippen LogP) is 0.501. The van der Waals surface area contributed by atoms with E-state index in [9.17, 15) is 5.11 Å². The molecule has 0 bridgehead atoms. The van der Waals surface area contributed by atoms with Crippen LogP contribution in [0.25, 0.3) is 0 Å². The highest BCUT2D eigenvalue weighted by atomic mass is 16.3. The summed E-state index contributed by atoms with van der Waals surface area (Å²) in [7, 11) is 0. The number of nitrogens with zero attached hydrogens (tertiary/aromatic N) is 4. The van der Waals surface area contributed by atoms with Gasteiger partial charge in [0.15, 0.2) is 0 Å². The van der Waals surface area contributed by atoms with Gasteiger partial charge in [0.05, 0.1) is 12.6 Å². The number of hydrogen-bond donors (Lipinski definition) is 1. The molecule has 0 aliphatic carbocycles. The molecule has 1 fully saturated rings. The third-order valence-corrected chi connectivity index (χ3v) is 3.36. The first-order valence-electron chi connectivity index (χ1n) is 5.97. The first-order valence-corrected chi connectivity index (χ1v) is 5.97. The monoisotopic (exact) mass is 224 g/mol. The molecular weight excluding hydrogens is 204 g/mol. The van der Waals surface area contributed by atoms with E-state index in [4.69, 9.17) is 0 Å². The van der Waals surface area contributed by atoms with Crippen LogP contribution in [0.4, 0.5) is 0 Å². The van der Waals surface area contributed by atoms with Crippen LogP contribution in [0, 0.1) is 5.92 Å². The minimum atomic E-state index is -0.202. The third-order valence-electron chi connectivity index (χ3n) is 3.36. The molecule has 0 spiro atoms. The number of aromatic nitrogens is 3. The van der Waals surface area contributed by atoms with Gasteiger partial charge in [-0.15, -0.1) is 0 Å². The molecule has 5 nitrogen and oxygen atoms in total. The fourth-order valence-corrected chi connectivity index (χ4v) is 2.13. The molecule has 0 amide bonds. The SMILES string of the molecule is CCn1ncnc1CN1CCC(C)C(O)C1. The minimum Gasteiger partial charge on any atom is -0.392 e. The van der Waals surface area contributed by atoms with Crippen LogP contribution in [0.2, 0.25) is 0 Å². The van der Waals surface area contributed by atoms with Crippen LogP contribution in [-0.2, 0) is 13.1 Å². The van der Waals surface area contributed by atoms with Gasteiger partial charge in [0, 0.05) is 13.1 Å². The Morgan fingerprint density at radius 3 is 3.06 bits per heavy atom. The Labute approximate surface area is 96.1 Å². The van der Waals surface area contributed by atoms with Gasteiger partial charge in [-0.25, -0.2) is 9.67 Å². The number of aliphatic hydroxyl groups excluding tert-OH is 1. The maximum absolute atomic E-state index is 9.82. The fraction of sp³-hybridized carbons (Fsp3) is 0.818. The van der Waals surface area contributed by atoms with E-state index >= 15 is 0 Å². The van der Waals surface area contributed by atoms with E-state index in [-0.39, 0.29) is 6.10 Å². The van der Waals surface area contributed by atoms with Crippen molar-refractivity contribution in [1.82, 2.24) is 19.7 Å². The van der Waals surface area contributed by atoms with E-state index in [1.54, 1.807) is 6.33 Å². The second-order valence-corrected chi connectivity index (χ2v) is 4.56. The molecule has 0 aromatic carbocycles. The van der Waals surface area contributed by atoms with Gasteiger partial charge in [0.25, 0.3) is 0 Å². The van der Waals surface area contributed by atoms with E-state index in [0.29, 0.717) is 5.92 Å². The smallest absolute Gasteiger partial charge is 0.140 e. The van der Waals surface area contributed by atoms with E-state index in [2.05, 4.69) is 28.8 Å². The van der Waals surface area contributed by atoms with Crippen molar-refractivity contribution >= 4 is 0 Å². The molecule has 16 heavy (non-hydrogen) atoms. The average Bonchev–Trinajstić information content (AvgIpc) is 2.71. The summed E-state index contributed by atoms with van der Waals surface area (Å²) in [5.41, 5.74) is 0. The van der Waals surface area contributed by atoms with Crippen LogP contribution in [-0.4, -0.2) is 44.0 Å². The Hall–Kier alpha value is -0.940. The van der Waals surface area contributed by atoms with Crippen molar-refractivity contribution in [2.75, 3.05) is 13.1 Å². The number of aryl methyl sites for hydroxylation is 1. The number of likely N-dealkylation sites (tertiary alicyclic amines) is 1. The number of hydrogen-bond acceptors (Lipinski definition) is 4. The number of rotatable bonds is 3. The van der Waals surface area contributed by atoms with Gasteiger partial charge in [-0.1, -0.05) is 6.92 Å². The largest absolute Gasteiger partial charge is 0.392 e. The molecule has 1 saturated heterocycles. The summed E-state index contributed by atoms with van der Waals surface area (Å²) in [4.78, 5) is 6.50. The molecule has 0 radical (unpaired) electrons. The van der Waals surface area contributed by atoms with Gasteiger partial charge < -0.3 is 5.11 Å². The van der Waals surface area contributed by atoms with Crippen LogP contribution >= 0.6 is 0 Å². The van der Waals surface area contributed by atoms with Crippen LogP contribution in [0.3, 0.4) is 0 Å². The first-order chi connectivity index (χ1) is 7.70. The average molecular weight is 224 g/mol. The predicted molar refractivity (Wildman–Crippen MR) is 60.8 cm³/mol. The van der Waals surface area contributed by atoms with Crippen LogP contribution in [0.15, 0.2) is 6.33 Å². The topological polar surface area (TPSA) is 54.2 Å². The van der Waals surface area contributed by atoms with Crippen molar-refractivity contribution in [3.8, 4) is 0 Å². The lowest BCUT2D eigenvalue weighted by molar-refractivity contribution is 0.0244. The Morgan fingerprint density at radius 2 is 2.38 bits per heavy atom. The molecule has 0 saturated carbocycles. The van der Waals surface area contributed by atoms with E-state index in [0.717, 1.165) is 38.4 Å². The van der Waals surface area contributed by atoms with Gasteiger partial charge >= 0.3 is 0 Å². The second kappa shape index (κ2) is 4.93. The summed E-state index contributed by atoms with van der Waals surface area (Å²) >= 11 is 0. The molecular formula is C11H20N4O. The summed E-state index contributed by atoms with van der Waals surface area (Å²) < 4.78 is 1.91. The third kappa shape index (κ3) is 2.41. The molecule has 2 rings (SSSR count). The number of β-amino-alcohol motifs (C(OH)–C–C–N with tert-alkyl or cyclic N) is 1. The lowest BCUT2D eigenvalue weighted by Gasteiger charge is -2.33. The van der Waals surface area contributed by atoms with Crippen LogP contribution in [0.1, 0.15) is 26.1 Å². The van der Waals surface area contributed by atoms with Gasteiger partial charge in [0.2, 0.25) is 0 Å². The van der Waals surface area contributed by atoms with Crippen LogP contribution in [0.5, 0.6) is 0 Å². The highest BCUT2D eigenvalue weighted by Crippen LogP contribution is 2.18. The van der Waals surface area contributed by atoms with Crippen molar-refractivity contribution in [2.45, 2.75) is 39.5 Å². The summed E-state index contributed by atoms with van der Waals surface area (Å²) in [6, 6.07) is 0. The highest BCUT2D eigenvalue weighted by Gasteiger charge is 2.24. The normalized spacial score (nSPS) is 27.2. The molecule has 1 aliphatic rings. The fourth-order valence-electron chi connectivity index (χ4n) is 2.13. The molecule has 5 heteroatoms. The molecule has 1 N–H and O–H groups in total. The van der Waals surface area contributed by atoms with Crippen molar-refractivity contribution < 1.29 is 5.11 Å². The van der Waals surface area contributed by atoms with Gasteiger partial charge in [-0.2, -0.15) is 5.10 Å². The first kappa shape index (κ1) is 11.5. The minimum absolute atomic E-state index is 0.202. The number of piperidine rings is 1. The summed E-state index contributed by atoms with van der Waals surface area (Å²) in [6.45, 7) is 7.59. The van der Waals surface area contributed by atoms with Gasteiger partial charge in [0.1, 0.15) is 12.2 Å². The molecule has 90 valence electrons. The molecule has 1 aromatic rings. The van der Waals surface area contributed by atoms with Crippen molar-refractivity contribution in [1.29, 1.82) is 0 Å². The van der Waals surface area contributed by atoms with Crippen molar-refractivity contribution in [3.05, 3.63) is 12.2 Å². The Bertz CT molecular complexity index is 338. The molecule has 2 heterocycles. The van der Waals surface area contributed by atoms with Gasteiger partial charge in [-0.3, -0.25) is 4.90 Å². The standard InChI is InChI=1S/C11H20N4O/c1-3-15-11(12-8-13-15)7-14-5-4-9(2)10(16)6-14/h8-10,16H,3-7H2,1-2H3. The zero-order valence-electron chi connectivity index (χ0n) is 10.0. The van der Waals surface area contributed by atoms with E-state index in [1.807, 2.05) is 4.68 Å². The maximum Gasteiger partial charge on any atom is 0.140 e. The van der Waals surface area contributed by atoms with Gasteiger partial charge in [-0.05, 0) is 25.8 Å². The molecule has 1 aliphatic heterocycles. The zero-order chi connectivity index (χ0) is 11.5. The molecule has 2 unspecified atom stereocenters. The Kier molecular flexibility index (Phi) is 3.56. The Morgan fingerprint density at radius 1 is 1.56 bits per heavy atom. The van der Waals surface area contributed by atoms with Crippen molar-refractivity contribution in [2.24, 2.45) is 5.92 Å². The lowest BCUT2D eigenvalue weighted by Crippen LogP contribution is -2.42. The molecule has 1 aromatic heterocycles. The maximum atomic E-state index is 9.82. The molecule has 2 atom stereocenters. The summed E-state index contributed by atoms with van der Waals surface area (Å²) in [5.74, 6) is 1.41. The van der Waals surface area contributed by atoms with E-state index in [1.165, 1.54) is 0 Å². The zero-order valence-corrected chi connectivity index (χ0v) is 10.0. The second-order valence-electron chi connectivity index (χ2n) is 4.56. The van der Waals surface area contributed by atoms with Crippen LogP contribution < -0.4 is 0 Å². The quantitative estimate of drug-likeness (QED) is 0.812. The Balaban J connectivity index is 1.95. The van der Waals surface area contributed by atoms with E-state index < -0.39 is 0 Å². The van der Waals surface area contributed by atoms with Crippen molar-refractivity contribution in [3.63, 3.8) is 0 Å². The summed E-state index contributed by atoms with van der Waals surface area (Å²) in [6.07, 6.45) is 2.45. The lowest BCUT2D eigenvalue weighted by atomic mass is 9.96. The summed E-state index contributed by atoms with van der Waals surface area (Å²) in [5, 5.41) is 14.0. The number of aliphatic hydroxyl groups is 1.